The van der Waals surface area contributed by atoms with E-state index in [1.165, 1.54) is 17.7 Å². The summed E-state index contributed by atoms with van der Waals surface area (Å²) in [6, 6.07) is 8.84. The number of nitrogens with one attached hydrogen (secondary N) is 1. The Morgan fingerprint density at radius 1 is 1.06 bits per heavy atom. The molecule has 0 atom stereocenters. The van der Waals surface area contributed by atoms with Crippen molar-refractivity contribution in [1.29, 1.82) is 0 Å². The van der Waals surface area contributed by atoms with Gasteiger partial charge >= 0.3 is 0 Å². The first-order valence-corrected chi connectivity index (χ1v) is 7.57. The van der Waals surface area contributed by atoms with Crippen LogP contribution >= 0.6 is 11.8 Å². The molecule has 1 nitrogen and oxygen atoms in total. The fourth-order valence-electron chi connectivity index (χ4n) is 1.49. The summed E-state index contributed by atoms with van der Waals surface area (Å²) >= 11 is 1.99. The highest BCUT2D eigenvalue weighted by Crippen LogP contribution is 2.18. The Kier molecular flexibility index (Phi) is 6.49. The summed E-state index contributed by atoms with van der Waals surface area (Å²) in [4.78, 5) is 0. The summed E-state index contributed by atoms with van der Waals surface area (Å²) < 4.78 is 0. The lowest BCUT2D eigenvalue weighted by molar-refractivity contribution is 0.607. The zero-order valence-corrected chi connectivity index (χ0v) is 12.3. The van der Waals surface area contributed by atoms with Crippen LogP contribution in [0.4, 0.5) is 5.69 Å². The molecule has 0 spiro atoms. The van der Waals surface area contributed by atoms with Gasteiger partial charge in [-0.15, -0.1) is 0 Å². The third-order valence-corrected chi connectivity index (χ3v) is 3.75. The van der Waals surface area contributed by atoms with E-state index in [1.54, 1.807) is 0 Å². The number of hydrogen-bond donors (Lipinski definition) is 1. The molecular weight excluding hydrogens is 226 g/mol. The molecule has 0 saturated heterocycles. The number of hydrogen-bond acceptors (Lipinski definition) is 2. The molecule has 17 heavy (non-hydrogen) atoms. The minimum absolute atomic E-state index is 0.707. The first-order chi connectivity index (χ1) is 8.08. The summed E-state index contributed by atoms with van der Waals surface area (Å²) in [5, 5.41) is 4.17. The molecule has 0 unspecified atom stereocenters. The van der Waals surface area contributed by atoms with Gasteiger partial charge in [0.15, 0.2) is 0 Å². The Morgan fingerprint density at radius 3 is 2.24 bits per heavy atom. The van der Waals surface area contributed by atoms with Crippen LogP contribution in [-0.2, 0) is 5.75 Å². The summed E-state index contributed by atoms with van der Waals surface area (Å²) in [6.45, 7) is 10.1. The molecule has 1 rings (SSSR count). The Morgan fingerprint density at radius 2 is 1.71 bits per heavy atom. The van der Waals surface area contributed by atoms with Crippen LogP contribution in [0.3, 0.4) is 0 Å². The zero-order chi connectivity index (χ0) is 12.7. The van der Waals surface area contributed by atoms with Crippen molar-refractivity contribution in [3.05, 3.63) is 29.8 Å². The topological polar surface area (TPSA) is 12.0 Å². The monoisotopic (exact) mass is 251 g/mol. The van der Waals surface area contributed by atoms with Gasteiger partial charge in [0.05, 0.1) is 0 Å². The number of thioether (sulfide) groups is 1. The van der Waals surface area contributed by atoms with Gasteiger partial charge < -0.3 is 5.32 Å². The average molecular weight is 251 g/mol. The number of benzene rings is 1. The minimum atomic E-state index is 0.707. The summed E-state index contributed by atoms with van der Waals surface area (Å²) in [6.07, 6.45) is 1.23. The molecule has 0 saturated carbocycles. The summed E-state index contributed by atoms with van der Waals surface area (Å²) in [7, 11) is 0. The fourth-order valence-corrected chi connectivity index (χ4v) is 2.21. The van der Waals surface area contributed by atoms with Crippen molar-refractivity contribution in [2.75, 3.05) is 11.9 Å². The van der Waals surface area contributed by atoms with Crippen LogP contribution in [0.15, 0.2) is 24.3 Å². The van der Waals surface area contributed by atoms with Crippen molar-refractivity contribution in [2.24, 2.45) is 5.92 Å². The lowest BCUT2D eigenvalue weighted by atomic mass is 10.1. The highest BCUT2D eigenvalue weighted by atomic mass is 32.2. The minimum Gasteiger partial charge on any atom is -0.385 e. The van der Waals surface area contributed by atoms with Crippen LogP contribution in [-0.4, -0.2) is 11.8 Å². The summed E-state index contributed by atoms with van der Waals surface area (Å²) in [5.74, 6) is 1.88. The van der Waals surface area contributed by atoms with Crippen molar-refractivity contribution >= 4 is 17.4 Å². The van der Waals surface area contributed by atoms with E-state index in [1.807, 2.05) is 11.8 Å². The molecule has 0 amide bonds. The maximum absolute atomic E-state index is 3.46. The van der Waals surface area contributed by atoms with Crippen molar-refractivity contribution in [3.63, 3.8) is 0 Å². The molecule has 0 aromatic heterocycles. The molecule has 0 aliphatic rings. The van der Waals surface area contributed by atoms with Gasteiger partial charge in [-0.25, -0.2) is 0 Å². The second-order valence-electron chi connectivity index (χ2n) is 5.17. The van der Waals surface area contributed by atoms with Crippen LogP contribution < -0.4 is 5.32 Å². The molecule has 1 aromatic carbocycles. The van der Waals surface area contributed by atoms with Crippen molar-refractivity contribution in [3.8, 4) is 0 Å². The van der Waals surface area contributed by atoms with Crippen LogP contribution in [0.2, 0.25) is 0 Å². The van der Waals surface area contributed by atoms with Gasteiger partial charge in [-0.3, -0.25) is 0 Å². The number of rotatable bonds is 7. The lowest BCUT2D eigenvalue weighted by Gasteiger charge is -2.09. The highest BCUT2D eigenvalue weighted by Gasteiger charge is 1.98. The second-order valence-corrected chi connectivity index (χ2v) is 6.73. The molecule has 0 aliphatic carbocycles. The highest BCUT2D eigenvalue weighted by molar-refractivity contribution is 7.99. The molecule has 1 aromatic rings. The van der Waals surface area contributed by atoms with Gasteiger partial charge in [-0.2, -0.15) is 11.8 Å². The molecule has 0 fully saturated rings. The predicted molar refractivity (Wildman–Crippen MR) is 80.8 cm³/mol. The fraction of sp³-hybridized carbons (Fsp3) is 0.600. The van der Waals surface area contributed by atoms with Crippen LogP contribution in [0, 0.1) is 5.92 Å². The normalized spacial score (nSPS) is 11.2. The van der Waals surface area contributed by atoms with Gasteiger partial charge in [0, 0.05) is 18.0 Å². The van der Waals surface area contributed by atoms with E-state index < -0.39 is 0 Å². The third kappa shape index (κ3) is 6.62. The van der Waals surface area contributed by atoms with Crippen molar-refractivity contribution in [2.45, 2.75) is 45.1 Å². The standard InChI is InChI=1S/C15H25NS/c1-12(2)9-10-16-15-7-5-14(6-8-15)11-17-13(3)4/h5-8,12-13,16H,9-11H2,1-4H3. The van der Waals surface area contributed by atoms with Crippen molar-refractivity contribution in [1.82, 2.24) is 0 Å². The molecule has 1 N–H and O–H groups in total. The van der Waals surface area contributed by atoms with E-state index in [4.69, 9.17) is 0 Å². The van der Waals surface area contributed by atoms with E-state index in [2.05, 4.69) is 57.3 Å². The van der Waals surface area contributed by atoms with Crippen LogP contribution in [0.5, 0.6) is 0 Å². The van der Waals surface area contributed by atoms with Gasteiger partial charge in [-0.05, 0) is 35.3 Å². The average Bonchev–Trinajstić information content (AvgIpc) is 2.27. The smallest absolute Gasteiger partial charge is 0.0340 e. The summed E-state index contributed by atoms with van der Waals surface area (Å²) in [5.41, 5.74) is 2.65. The first kappa shape index (κ1) is 14.4. The molecule has 0 heterocycles. The van der Waals surface area contributed by atoms with E-state index >= 15 is 0 Å². The Balaban J connectivity index is 2.34. The maximum atomic E-state index is 3.46. The maximum Gasteiger partial charge on any atom is 0.0340 e. The zero-order valence-electron chi connectivity index (χ0n) is 11.5. The van der Waals surface area contributed by atoms with E-state index in [-0.39, 0.29) is 0 Å². The largest absolute Gasteiger partial charge is 0.385 e. The molecule has 0 bridgehead atoms. The molecule has 0 radical (unpaired) electrons. The van der Waals surface area contributed by atoms with Gasteiger partial charge in [0.1, 0.15) is 0 Å². The van der Waals surface area contributed by atoms with Gasteiger partial charge in [-0.1, -0.05) is 39.8 Å². The number of anilines is 1. The van der Waals surface area contributed by atoms with Gasteiger partial charge in [0.25, 0.3) is 0 Å². The SMILES string of the molecule is CC(C)CCNc1ccc(CSC(C)C)cc1. The van der Waals surface area contributed by atoms with E-state index in [9.17, 15) is 0 Å². The Hall–Kier alpha value is -0.630. The first-order valence-electron chi connectivity index (χ1n) is 6.52. The van der Waals surface area contributed by atoms with Crippen LogP contribution in [0.1, 0.15) is 39.7 Å². The quantitative estimate of drug-likeness (QED) is 0.748. The third-order valence-electron chi connectivity index (χ3n) is 2.59. The second kappa shape index (κ2) is 7.65. The lowest BCUT2D eigenvalue weighted by Crippen LogP contribution is -2.04. The molecule has 0 aliphatic heterocycles. The van der Waals surface area contributed by atoms with Crippen LogP contribution in [0.25, 0.3) is 0 Å². The Labute approximate surface area is 110 Å². The van der Waals surface area contributed by atoms with Crippen molar-refractivity contribution < 1.29 is 0 Å². The predicted octanol–water partition coefficient (Wildman–Crippen LogP) is 4.79. The molecular formula is C15H25NS. The molecule has 2 heteroatoms. The molecule has 96 valence electrons. The van der Waals surface area contributed by atoms with E-state index in [0.29, 0.717) is 5.25 Å². The Bertz CT molecular complexity index is 303. The van der Waals surface area contributed by atoms with Gasteiger partial charge in [0.2, 0.25) is 0 Å². The van der Waals surface area contributed by atoms with E-state index in [0.717, 1.165) is 18.2 Å².